The molecule has 3 rings (SSSR count). The van der Waals surface area contributed by atoms with Crippen LogP contribution in [0.15, 0.2) is 65.1 Å². The van der Waals surface area contributed by atoms with Crippen molar-refractivity contribution < 1.29 is 14.3 Å². The Kier molecular flexibility index (Phi) is 11.9. The molecule has 0 radical (unpaired) electrons. The van der Waals surface area contributed by atoms with Crippen LogP contribution in [0.5, 0.6) is 0 Å². The molecule has 192 valence electrons. The third-order valence-electron chi connectivity index (χ3n) is 6.03. The number of nitrogens with one attached hydrogen (secondary N) is 1. The lowest BCUT2D eigenvalue weighted by Gasteiger charge is -2.15. The third-order valence-corrected chi connectivity index (χ3v) is 9.44. The average molecular weight is 591 g/mol. The van der Waals surface area contributed by atoms with E-state index in [0.717, 1.165) is 33.6 Å². The van der Waals surface area contributed by atoms with Gasteiger partial charge in [0.2, 0.25) is 0 Å². The molecule has 0 fully saturated rings. The van der Waals surface area contributed by atoms with Crippen LogP contribution in [0.2, 0.25) is 5.02 Å². The monoisotopic (exact) mass is 589 g/mol. The Bertz CT molecular complexity index is 1150. The molecule has 0 aromatic heterocycles. The zero-order valence-corrected chi connectivity index (χ0v) is 24.4. The first kappa shape index (κ1) is 28.8. The molecule has 0 aliphatic rings. The highest BCUT2D eigenvalue weighted by Gasteiger charge is 2.15. The molecule has 4 nitrogen and oxygen atoms in total. The van der Waals surface area contributed by atoms with Gasteiger partial charge >= 0.3 is 0 Å². The second kappa shape index (κ2) is 14.9. The molecule has 36 heavy (non-hydrogen) atoms. The van der Waals surface area contributed by atoms with Gasteiger partial charge in [0.1, 0.15) is 0 Å². The van der Waals surface area contributed by atoms with Gasteiger partial charge < -0.3 is 14.8 Å². The van der Waals surface area contributed by atoms with Crippen molar-refractivity contribution in [1.82, 2.24) is 0 Å². The van der Waals surface area contributed by atoms with Crippen molar-refractivity contribution in [3.05, 3.63) is 92.4 Å². The Hall–Kier alpha value is -1.75. The van der Waals surface area contributed by atoms with Crippen LogP contribution in [0.3, 0.4) is 0 Å². The number of carbonyl (C=O) groups is 1. The topological polar surface area (TPSA) is 47.6 Å². The fraction of sp³-hybridized carbons (Fsp3) is 0.345. The maximum Gasteiger partial charge on any atom is 0.194 e. The Morgan fingerprint density at radius 2 is 1.69 bits per heavy atom. The molecule has 0 spiro atoms. The predicted octanol–water partition coefficient (Wildman–Crippen LogP) is 8.44. The minimum absolute atomic E-state index is 0.0781. The summed E-state index contributed by atoms with van der Waals surface area (Å²) in [7, 11) is 0.121. The first-order valence-corrected chi connectivity index (χ1v) is 15.3. The summed E-state index contributed by atoms with van der Waals surface area (Å²) in [6, 6.07) is 19.0. The van der Waals surface area contributed by atoms with E-state index in [1.54, 1.807) is 12.1 Å². The fourth-order valence-corrected chi connectivity index (χ4v) is 5.99. The molecule has 0 amide bonds. The molecule has 0 unspecified atom stereocenters. The van der Waals surface area contributed by atoms with E-state index in [1.807, 2.05) is 55.5 Å². The Morgan fingerprint density at radius 1 is 0.944 bits per heavy atom. The summed E-state index contributed by atoms with van der Waals surface area (Å²) in [5, 5.41) is 3.83. The summed E-state index contributed by atoms with van der Waals surface area (Å²) in [5.41, 5.74) is 4.81. The lowest BCUT2D eigenvalue weighted by molar-refractivity contribution is 0.0461. The van der Waals surface area contributed by atoms with Crippen molar-refractivity contribution in [1.29, 1.82) is 0 Å². The lowest BCUT2D eigenvalue weighted by atomic mass is 9.99. The Balaban J connectivity index is 1.59. The normalized spacial score (nSPS) is 11.2. The van der Waals surface area contributed by atoms with Gasteiger partial charge in [-0.3, -0.25) is 4.79 Å². The molecular formula is C29H34BrClNO3P. The number of aryl methyl sites for hydroxylation is 1. The minimum Gasteiger partial charge on any atom is -0.379 e. The van der Waals surface area contributed by atoms with Crippen LogP contribution in [0.4, 0.5) is 11.4 Å². The van der Waals surface area contributed by atoms with Gasteiger partial charge in [0, 0.05) is 32.5 Å². The predicted molar refractivity (Wildman–Crippen MR) is 157 cm³/mol. The smallest absolute Gasteiger partial charge is 0.194 e. The number of ether oxygens (including phenoxy) is 2. The average Bonchev–Trinajstić information content (AvgIpc) is 2.87. The SMILES string of the molecule is CCP(CC)CCOCCOCc1cc(Br)ccc1Nc1ccc(C(=O)c2ccccc2C)c(Cl)c1. The molecule has 0 heterocycles. The summed E-state index contributed by atoms with van der Waals surface area (Å²) in [4.78, 5) is 13.0. The number of anilines is 2. The van der Waals surface area contributed by atoms with Crippen molar-refractivity contribution in [2.75, 3.05) is 43.6 Å². The largest absolute Gasteiger partial charge is 0.379 e. The van der Waals surface area contributed by atoms with Gasteiger partial charge in [0.25, 0.3) is 0 Å². The maximum absolute atomic E-state index is 13.0. The zero-order valence-electron chi connectivity index (χ0n) is 21.2. The number of halogens is 2. The van der Waals surface area contributed by atoms with Gasteiger partial charge in [-0.15, -0.1) is 7.92 Å². The molecule has 3 aromatic carbocycles. The number of benzene rings is 3. The van der Waals surface area contributed by atoms with Crippen LogP contribution in [-0.4, -0.2) is 44.1 Å². The van der Waals surface area contributed by atoms with Gasteiger partial charge in [-0.05, 0) is 67.4 Å². The number of carbonyl (C=O) groups excluding carboxylic acids is 1. The van der Waals surface area contributed by atoms with E-state index in [-0.39, 0.29) is 13.7 Å². The highest BCUT2D eigenvalue weighted by molar-refractivity contribution is 9.10. The number of ketones is 1. The van der Waals surface area contributed by atoms with Gasteiger partial charge in [-0.2, -0.15) is 0 Å². The van der Waals surface area contributed by atoms with E-state index in [1.165, 1.54) is 18.5 Å². The van der Waals surface area contributed by atoms with Crippen LogP contribution in [0.1, 0.15) is 40.9 Å². The summed E-state index contributed by atoms with van der Waals surface area (Å²) in [6.07, 6.45) is 3.70. The second-order valence-corrected chi connectivity index (χ2v) is 12.8. The summed E-state index contributed by atoms with van der Waals surface area (Å²) < 4.78 is 12.6. The molecule has 0 bridgehead atoms. The molecule has 0 aliphatic heterocycles. The molecule has 0 aliphatic carbocycles. The minimum atomic E-state index is -0.0781. The highest BCUT2D eigenvalue weighted by Crippen LogP contribution is 2.33. The third kappa shape index (κ3) is 8.39. The molecule has 7 heteroatoms. The van der Waals surface area contributed by atoms with Crippen LogP contribution in [0.25, 0.3) is 0 Å². The molecule has 0 saturated carbocycles. The summed E-state index contributed by atoms with van der Waals surface area (Å²) in [6.45, 7) is 8.85. The first-order chi connectivity index (χ1) is 17.4. The highest BCUT2D eigenvalue weighted by atomic mass is 79.9. The Morgan fingerprint density at radius 3 is 2.42 bits per heavy atom. The molecular weight excluding hydrogens is 557 g/mol. The van der Waals surface area contributed by atoms with E-state index >= 15 is 0 Å². The van der Waals surface area contributed by atoms with Gasteiger partial charge in [-0.25, -0.2) is 0 Å². The van der Waals surface area contributed by atoms with E-state index in [9.17, 15) is 4.79 Å². The molecule has 3 aromatic rings. The quantitative estimate of drug-likeness (QED) is 0.116. The Labute approximate surface area is 229 Å². The lowest BCUT2D eigenvalue weighted by Crippen LogP contribution is -2.08. The fourth-order valence-electron chi connectivity index (χ4n) is 3.84. The van der Waals surface area contributed by atoms with Crippen LogP contribution < -0.4 is 5.32 Å². The van der Waals surface area contributed by atoms with E-state index < -0.39 is 0 Å². The van der Waals surface area contributed by atoms with Crippen LogP contribution in [0, 0.1) is 6.92 Å². The molecule has 0 atom stereocenters. The van der Waals surface area contributed by atoms with Crippen molar-refractivity contribution in [3.63, 3.8) is 0 Å². The van der Waals surface area contributed by atoms with Crippen molar-refractivity contribution in [2.24, 2.45) is 0 Å². The number of hydrogen-bond acceptors (Lipinski definition) is 4. The van der Waals surface area contributed by atoms with E-state index in [2.05, 4.69) is 35.1 Å². The van der Waals surface area contributed by atoms with Crippen LogP contribution in [-0.2, 0) is 16.1 Å². The maximum atomic E-state index is 13.0. The van der Waals surface area contributed by atoms with E-state index in [0.29, 0.717) is 36.0 Å². The number of rotatable bonds is 14. The van der Waals surface area contributed by atoms with Crippen LogP contribution >= 0.6 is 35.5 Å². The number of hydrogen-bond donors (Lipinski definition) is 1. The standard InChI is InChI=1S/C29H34BrClNO3P/c1-4-36(5-2)17-16-34-14-15-35-20-22-18-23(30)10-13-28(22)32-24-11-12-26(27(31)19-24)29(33)25-9-7-6-8-21(25)3/h6-13,18-19,32H,4-5,14-17,20H2,1-3H3. The van der Waals surface area contributed by atoms with Crippen molar-refractivity contribution in [2.45, 2.75) is 27.4 Å². The second-order valence-electron chi connectivity index (χ2n) is 8.46. The van der Waals surface area contributed by atoms with Gasteiger partial charge in [-0.1, -0.05) is 65.6 Å². The van der Waals surface area contributed by atoms with Crippen molar-refractivity contribution in [3.8, 4) is 0 Å². The molecule has 0 saturated heterocycles. The first-order valence-electron chi connectivity index (χ1n) is 12.3. The molecule has 1 N–H and O–H groups in total. The zero-order chi connectivity index (χ0) is 25.9. The van der Waals surface area contributed by atoms with Gasteiger partial charge in [0.05, 0.1) is 31.5 Å². The van der Waals surface area contributed by atoms with E-state index in [4.69, 9.17) is 21.1 Å². The van der Waals surface area contributed by atoms with Crippen molar-refractivity contribution >= 4 is 52.6 Å². The summed E-state index contributed by atoms with van der Waals surface area (Å²) in [5.74, 6) is -0.0781. The summed E-state index contributed by atoms with van der Waals surface area (Å²) >= 11 is 10.1. The van der Waals surface area contributed by atoms with Gasteiger partial charge in [0.15, 0.2) is 5.78 Å².